The predicted octanol–water partition coefficient (Wildman–Crippen LogP) is 2.40. The van der Waals surface area contributed by atoms with Gasteiger partial charge in [0.05, 0.1) is 6.61 Å². The van der Waals surface area contributed by atoms with E-state index in [-0.39, 0.29) is 17.2 Å². The van der Waals surface area contributed by atoms with Crippen molar-refractivity contribution in [2.75, 3.05) is 6.61 Å². The van der Waals surface area contributed by atoms with Crippen LogP contribution in [0.3, 0.4) is 0 Å². The Morgan fingerprint density at radius 3 is 2.75 bits per heavy atom. The highest BCUT2D eigenvalue weighted by Gasteiger charge is 2.21. The highest BCUT2D eigenvalue weighted by molar-refractivity contribution is 5.93. The summed E-state index contributed by atoms with van der Waals surface area (Å²) in [6.45, 7) is 7.06. The highest BCUT2D eigenvalue weighted by atomic mass is 16.5. The van der Waals surface area contributed by atoms with Crippen LogP contribution < -0.4 is 5.73 Å². The molecule has 1 heterocycles. The molecule has 16 heavy (non-hydrogen) atoms. The van der Waals surface area contributed by atoms with Crippen molar-refractivity contribution < 1.29 is 9.53 Å². The standard InChI is InChI=1S/C13H23NO2/c1-13(2,3)9-10(14)8-11(15)12-6-4-5-7-16-12/h6,10H,4-5,7-9,14H2,1-3H3. The SMILES string of the molecule is CC(C)(C)CC(N)CC(=O)C1=CCCCO1. The van der Waals surface area contributed by atoms with Gasteiger partial charge in [0.15, 0.2) is 11.5 Å². The van der Waals surface area contributed by atoms with Crippen LogP contribution in [0.1, 0.15) is 46.5 Å². The van der Waals surface area contributed by atoms with Gasteiger partial charge in [-0.15, -0.1) is 0 Å². The summed E-state index contributed by atoms with van der Waals surface area (Å²) in [4.78, 5) is 11.8. The molecule has 0 saturated carbocycles. The van der Waals surface area contributed by atoms with Crippen LogP contribution in [0.2, 0.25) is 0 Å². The predicted molar refractivity (Wildman–Crippen MR) is 64.9 cm³/mol. The van der Waals surface area contributed by atoms with Crippen LogP contribution in [0, 0.1) is 5.41 Å². The topological polar surface area (TPSA) is 52.3 Å². The van der Waals surface area contributed by atoms with E-state index in [2.05, 4.69) is 20.8 Å². The lowest BCUT2D eigenvalue weighted by Crippen LogP contribution is -2.30. The van der Waals surface area contributed by atoms with E-state index in [4.69, 9.17) is 10.5 Å². The Hall–Kier alpha value is -0.830. The third-order valence-corrected chi connectivity index (χ3v) is 2.53. The zero-order valence-electron chi connectivity index (χ0n) is 10.6. The molecule has 0 saturated heterocycles. The van der Waals surface area contributed by atoms with Crippen LogP contribution in [0.15, 0.2) is 11.8 Å². The zero-order valence-corrected chi connectivity index (χ0v) is 10.6. The summed E-state index contributed by atoms with van der Waals surface area (Å²) in [7, 11) is 0. The van der Waals surface area contributed by atoms with Gasteiger partial charge in [0.1, 0.15) is 0 Å². The molecular formula is C13H23NO2. The van der Waals surface area contributed by atoms with Crippen LogP contribution in [0.25, 0.3) is 0 Å². The van der Waals surface area contributed by atoms with Crippen LogP contribution in [-0.4, -0.2) is 18.4 Å². The molecule has 0 fully saturated rings. The van der Waals surface area contributed by atoms with Gasteiger partial charge < -0.3 is 10.5 Å². The molecule has 92 valence electrons. The summed E-state index contributed by atoms with van der Waals surface area (Å²) >= 11 is 0. The van der Waals surface area contributed by atoms with Gasteiger partial charge in [0.25, 0.3) is 0 Å². The molecule has 0 radical (unpaired) electrons. The van der Waals surface area contributed by atoms with E-state index in [1.807, 2.05) is 6.08 Å². The summed E-state index contributed by atoms with van der Waals surface area (Å²) in [5.74, 6) is 0.576. The Morgan fingerprint density at radius 2 is 2.25 bits per heavy atom. The van der Waals surface area contributed by atoms with Crippen molar-refractivity contribution in [1.82, 2.24) is 0 Å². The first kappa shape index (κ1) is 13.2. The number of hydrogen-bond donors (Lipinski definition) is 1. The first-order valence-electron chi connectivity index (χ1n) is 6.00. The number of ketones is 1. The van der Waals surface area contributed by atoms with E-state index in [9.17, 15) is 4.79 Å². The summed E-state index contributed by atoms with van der Waals surface area (Å²) in [6, 6.07) is -0.0704. The van der Waals surface area contributed by atoms with Gasteiger partial charge in [0, 0.05) is 12.5 Å². The molecule has 0 spiro atoms. The second-order valence-electron chi connectivity index (χ2n) is 5.71. The summed E-state index contributed by atoms with van der Waals surface area (Å²) in [5, 5.41) is 0. The Morgan fingerprint density at radius 1 is 1.56 bits per heavy atom. The van der Waals surface area contributed by atoms with Gasteiger partial charge in [0.2, 0.25) is 0 Å². The van der Waals surface area contributed by atoms with Gasteiger partial charge >= 0.3 is 0 Å². The molecule has 2 N–H and O–H groups in total. The van der Waals surface area contributed by atoms with Crippen LogP contribution >= 0.6 is 0 Å². The van der Waals surface area contributed by atoms with E-state index >= 15 is 0 Å². The van der Waals surface area contributed by atoms with Crippen LogP contribution in [-0.2, 0) is 9.53 Å². The lowest BCUT2D eigenvalue weighted by Gasteiger charge is -2.23. The second-order valence-corrected chi connectivity index (χ2v) is 5.71. The number of hydrogen-bond acceptors (Lipinski definition) is 3. The Balaban J connectivity index is 2.41. The fourth-order valence-corrected chi connectivity index (χ4v) is 1.95. The fraction of sp³-hybridized carbons (Fsp3) is 0.769. The van der Waals surface area contributed by atoms with Crippen molar-refractivity contribution in [1.29, 1.82) is 0 Å². The van der Waals surface area contributed by atoms with E-state index in [1.165, 1.54) is 0 Å². The number of allylic oxidation sites excluding steroid dienone is 2. The second kappa shape index (κ2) is 5.48. The zero-order chi connectivity index (χ0) is 12.2. The van der Waals surface area contributed by atoms with Crippen LogP contribution in [0.5, 0.6) is 0 Å². The molecule has 1 unspecified atom stereocenters. The molecule has 1 atom stereocenters. The van der Waals surface area contributed by atoms with Crippen molar-refractivity contribution in [3.8, 4) is 0 Å². The largest absolute Gasteiger partial charge is 0.490 e. The average Bonchev–Trinajstić information content (AvgIpc) is 2.16. The number of Topliss-reactive ketones (excluding diaryl/α,β-unsaturated/α-hetero) is 1. The van der Waals surface area contributed by atoms with Crippen molar-refractivity contribution in [3.05, 3.63) is 11.8 Å². The minimum Gasteiger partial charge on any atom is -0.490 e. The summed E-state index contributed by atoms with van der Waals surface area (Å²) in [6.07, 6.45) is 5.07. The van der Waals surface area contributed by atoms with Gasteiger partial charge in [-0.05, 0) is 30.8 Å². The highest BCUT2D eigenvalue weighted by Crippen LogP contribution is 2.22. The lowest BCUT2D eigenvalue weighted by atomic mass is 9.86. The molecule has 1 rings (SSSR count). The van der Waals surface area contributed by atoms with E-state index in [0.717, 1.165) is 19.3 Å². The normalized spacial score (nSPS) is 18.6. The number of ether oxygens (including phenoxy) is 1. The Labute approximate surface area is 98.0 Å². The average molecular weight is 225 g/mol. The van der Waals surface area contributed by atoms with Crippen molar-refractivity contribution in [3.63, 3.8) is 0 Å². The minimum absolute atomic E-state index is 0.0523. The van der Waals surface area contributed by atoms with Gasteiger partial charge in [-0.2, -0.15) is 0 Å². The van der Waals surface area contributed by atoms with Gasteiger partial charge in [-0.3, -0.25) is 4.79 Å². The Bertz CT molecular complexity index is 276. The van der Waals surface area contributed by atoms with Crippen molar-refractivity contribution in [2.45, 2.75) is 52.5 Å². The molecule has 1 aliphatic heterocycles. The fourth-order valence-electron chi connectivity index (χ4n) is 1.95. The van der Waals surface area contributed by atoms with E-state index in [0.29, 0.717) is 18.8 Å². The molecule has 0 aromatic heterocycles. The maximum atomic E-state index is 11.8. The van der Waals surface area contributed by atoms with Gasteiger partial charge in [-0.1, -0.05) is 20.8 Å². The lowest BCUT2D eigenvalue weighted by molar-refractivity contribution is -0.119. The van der Waals surface area contributed by atoms with Gasteiger partial charge in [-0.25, -0.2) is 0 Å². The molecule has 3 nitrogen and oxygen atoms in total. The van der Waals surface area contributed by atoms with Crippen molar-refractivity contribution >= 4 is 5.78 Å². The first-order chi connectivity index (χ1) is 7.38. The van der Waals surface area contributed by atoms with E-state index in [1.54, 1.807) is 0 Å². The summed E-state index contributed by atoms with van der Waals surface area (Å²) in [5.41, 5.74) is 6.13. The first-order valence-corrected chi connectivity index (χ1v) is 6.00. The number of carbonyl (C=O) groups excluding carboxylic acids is 1. The minimum atomic E-state index is -0.0704. The molecule has 3 heteroatoms. The molecule has 0 amide bonds. The van der Waals surface area contributed by atoms with E-state index < -0.39 is 0 Å². The maximum absolute atomic E-state index is 11.8. The number of nitrogens with two attached hydrogens (primary N) is 1. The third kappa shape index (κ3) is 4.79. The summed E-state index contributed by atoms with van der Waals surface area (Å²) < 4.78 is 5.33. The quantitative estimate of drug-likeness (QED) is 0.799. The molecule has 0 bridgehead atoms. The maximum Gasteiger partial charge on any atom is 0.198 e. The molecule has 1 aliphatic rings. The number of carbonyl (C=O) groups is 1. The molecular weight excluding hydrogens is 202 g/mol. The molecule has 0 aliphatic carbocycles. The molecule has 0 aromatic carbocycles. The Kier molecular flexibility index (Phi) is 4.54. The molecule has 0 aromatic rings. The third-order valence-electron chi connectivity index (χ3n) is 2.53. The van der Waals surface area contributed by atoms with Crippen LogP contribution in [0.4, 0.5) is 0 Å². The smallest absolute Gasteiger partial charge is 0.198 e. The monoisotopic (exact) mass is 225 g/mol. The number of rotatable bonds is 4. The van der Waals surface area contributed by atoms with Crippen molar-refractivity contribution in [2.24, 2.45) is 11.1 Å².